The molecule has 1 atom stereocenters. The van der Waals surface area contributed by atoms with Crippen LogP contribution in [0.15, 0.2) is 48.5 Å². The monoisotopic (exact) mass is 355 g/mol. The van der Waals surface area contributed by atoms with E-state index in [2.05, 4.69) is 0 Å². The first kappa shape index (κ1) is 19.3. The molecule has 0 saturated carbocycles. The molecule has 6 nitrogen and oxygen atoms in total. The molecule has 0 aliphatic carbocycles. The summed E-state index contributed by atoms with van der Waals surface area (Å²) in [6, 6.07) is 13.0. The number of rotatable bonds is 8. The molecule has 0 fully saturated rings. The number of hydrogen-bond donors (Lipinski definition) is 0. The van der Waals surface area contributed by atoms with E-state index >= 15 is 0 Å². The van der Waals surface area contributed by atoms with Crippen LogP contribution in [0.5, 0.6) is 0 Å². The number of benzene rings is 2. The summed E-state index contributed by atoms with van der Waals surface area (Å²) in [6.45, 7) is 3.89. The smallest absolute Gasteiger partial charge is 0.313 e. The maximum absolute atomic E-state index is 12.4. The van der Waals surface area contributed by atoms with E-state index in [9.17, 15) is 19.7 Å². The van der Waals surface area contributed by atoms with Crippen molar-refractivity contribution in [2.24, 2.45) is 0 Å². The maximum atomic E-state index is 12.4. The third-order valence-corrected chi connectivity index (χ3v) is 4.11. The van der Waals surface area contributed by atoms with Crippen molar-refractivity contribution in [2.75, 3.05) is 6.61 Å². The SMILES string of the molecule is CCOC(=O)C(CCC(=O)c1ccc(C)cc1)c1ccc([N+](=O)[O-])cc1. The van der Waals surface area contributed by atoms with E-state index < -0.39 is 16.8 Å². The number of ketones is 1. The summed E-state index contributed by atoms with van der Waals surface area (Å²) >= 11 is 0. The number of ether oxygens (including phenoxy) is 1. The minimum absolute atomic E-state index is 0.0490. The van der Waals surface area contributed by atoms with E-state index in [1.165, 1.54) is 24.3 Å². The minimum atomic E-state index is -0.634. The van der Waals surface area contributed by atoms with Gasteiger partial charge in [-0.1, -0.05) is 42.0 Å². The number of non-ortho nitro benzene ring substituents is 1. The van der Waals surface area contributed by atoms with Crippen molar-refractivity contribution in [3.05, 3.63) is 75.3 Å². The highest BCUT2D eigenvalue weighted by Gasteiger charge is 2.24. The van der Waals surface area contributed by atoms with Crippen LogP contribution in [0.1, 0.15) is 47.2 Å². The summed E-state index contributed by atoms with van der Waals surface area (Å²) in [6.07, 6.45) is 0.465. The molecule has 0 aliphatic heterocycles. The molecule has 1 unspecified atom stereocenters. The van der Waals surface area contributed by atoms with Crippen molar-refractivity contribution >= 4 is 17.4 Å². The highest BCUT2D eigenvalue weighted by Crippen LogP contribution is 2.26. The molecule has 2 aromatic rings. The number of carbonyl (C=O) groups is 2. The first-order valence-electron chi connectivity index (χ1n) is 8.43. The second-order valence-corrected chi connectivity index (χ2v) is 5.98. The van der Waals surface area contributed by atoms with Gasteiger partial charge in [-0.05, 0) is 25.8 Å². The average Bonchev–Trinajstić information content (AvgIpc) is 2.63. The highest BCUT2D eigenvalue weighted by atomic mass is 16.6. The fourth-order valence-corrected chi connectivity index (χ4v) is 2.65. The summed E-state index contributed by atoms with van der Waals surface area (Å²) in [4.78, 5) is 35.0. The fourth-order valence-electron chi connectivity index (χ4n) is 2.65. The zero-order valence-electron chi connectivity index (χ0n) is 14.8. The number of Topliss-reactive ketones (excluding diaryl/α,β-unsaturated/α-hetero) is 1. The van der Waals surface area contributed by atoms with Gasteiger partial charge in [0.2, 0.25) is 0 Å². The number of nitro benzene ring substituents is 1. The van der Waals surface area contributed by atoms with Crippen LogP contribution in [0.4, 0.5) is 5.69 Å². The Hall–Kier alpha value is -3.02. The summed E-state index contributed by atoms with van der Waals surface area (Å²) in [5.41, 5.74) is 2.22. The molecule has 26 heavy (non-hydrogen) atoms. The molecule has 0 bridgehead atoms. The van der Waals surface area contributed by atoms with Crippen molar-refractivity contribution in [1.82, 2.24) is 0 Å². The van der Waals surface area contributed by atoms with E-state index in [1.54, 1.807) is 19.1 Å². The lowest BCUT2D eigenvalue weighted by Gasteiger charge is -2.15. The number of nitro groups is 1. The van der Waals surface area contributed by atoms with Gasteiger partial charge in [0.1, 0.15) is 0 Å². The van der Waals surface area contributed by atoms with Gasteiger partial charge in [-0.3, -0.25) is 19.7 Å². The Bertz CT molecular complexity index is 781. The van der Waals surface area contributed by atoms with E-state index in [1.807, 2.05) is 19.1 Å². The molecule has 0 aromatic heterocycles. The topological polar surface area (TPSA) is 86.5 Å². The molecule has 6 heteroatoms. The van der Waals surface area contributed by atoms with Gasteiger partial charge < -0.3 is 4.74 Å². The van der Waals surface area contributed by atoms with Gasteiger partial charge in [-0.2, -0.15) is 0 Å². The molecule has 136 valence electrons. The first-order valence-corrected chi connectivity index (χ1v) is 8.43. The highest BCUT2D eigenvalue weighted by molar-refractivity contribution is 5.96. The largest absolute Gasteiger partial charge is 0.466 e. The molecule has 0 saturated heterocycles. The third-order valence-electron chi connectivity index (χ3n) is 4.11. The minimum Gasteiger partial charge on any atom is -0.466 e. The van der Waals surface area contributed by atoms with Crippen LogP contribution in [0.25, 0.3) is 0 Å². The quantitative estimate of drug-likeness (QED) is 0.306. The Morgan fingerprint density at radius 3 is 2.23 bits per heavy atom. The summed E-state index contributed by atoms with van der Waals surface area (Å²) in [7, 11) is 0. The van der Waals surface area contributed by atoms with Gasteiger partial charge in [0, 0.05) is 24.1 Å². The van der Waals surface area contributed by atoms with Gasteiger partial charge in [0.25, 0.3) is 5.69 Å². The van der Waals surface area contributed by atoms with Crippen LogP contribution < -0.4 is 0 Å². The predicted octanol–water partition coefficient (Wildman–Crippen LogP) is 4.21. The zero-order chi connectivity index (χ0) is 19.1. The van der Waals surface area contributed by atoms with Crippen LogP contribution >= 0.6 is 0 Å². The second-order valence-electron chi connectivity index (χ2n) is 5.98. The van der Waals surface area contributed by atoms with E-state index in [0.717, 1.165) is 5.56 Å². The van der Waals surface area contributed by atoms with E-state index in [-0.39, 0.29) is 30.9 Å². The van der Waals surface area contributed by atoms with Crippen LogP contribution in [0.3, 0.4) is 0 Å². The maximum Gasteiger partial charge on any atom is 0.313 e. The van der Waals surface area contributed by atoms with Crippen LogP contribution in [-0.2, 0) is 9.53 Å². The zero-order valence-corrected chi connectivity index (χ0v) is 14.8. The predicted molar refractivity (Wildman–Crippen MR) is 97.2 cm³/mol. The molecule has 0 N–H and O–H groups in total. The molecule has 0 amide bonds. The lowest BCUT2D eigenvalue weighted by Crippen LogP contribution is -2.17. The third kappa shape index (κ3) is 4.99. The van der Waals surface area contributed by atoms with Gasteiger partial charge in [0.05, 0.1) is 17.4 Å². The Kier molecular flexibility index (Phi) is 6.60. The van der Waals surface area contributed by atoms with Crippen LogP contribution in [0, 0.1) is 17.0 Å². The van der Waals surface area contributed by atoms with Crippen molar-refractivity contribution in [1.29, 1.82) is 0 Å². The molecule has 0 spiro atoms. The lowest BCUT2D eigenvalue weighted by molar-refractivity contribution is -0.384. The number of esters is 1. The number of nitrogens with zero attached hydrogens (tertiary/aromatic N) is 1. The fraction of sp³-hybridized carbons (Fsp3) is 0.300. The first-order chi connectivity index (χ1) is 12.4. The van der Waals surface area contributed by atoms with Crippen molar-refractivity contribution in [3.63, 3.8) is 0 Å². The molecular weight excluding hydrogens is 334 g/mol. The lowest BCUT2D eigenvalue weighted by atomic mass is 9.92. The summed E-state index contributed by atoms with van der Waals surface area (Å²) in [5, 5.41) is 10.8. The normalized spacial score (nSPS) is 11.6. The Balaban J connectivity index is 2.14. The Morgan fingerprint density at radius 1 is 1.08 bits per heavy atom. The van der Waals surface area contributed by atoms with Gasteiger partial charge >= 0.3 is 5.97 Å². The van der Waals surface area contributed by atoms with E-state index in [4.69, 9.17) is 4.74 Å². The molecule has 0 aliphatic rings. The summed E-state index contributed by atoms with van der Waals surface area (Å²) in [5.74, 6) is -1.12. The Morgan fingerprint density at radius 2 is 1.69 bits per heavy atom. The van der Waals surface area contributed by atoms with Gasteiger partial charge in [-0.15, -0.1) is 0 Å². The molecule has 2 rings (SSSR count). The number of carbonyl (C=O) groups excluding carboxylic acids is 2. The van der Waals surface area contributed by atoms with Crippen molar-refractivity contribution in [3.8, 4) is 0 Å². The van der Waals surface area contributed by atoms with Crippen molar-refractivity contribution in [2.45, 2.75) is 32.6 Å². The average molecular weight is 355 g/mol. The summed E-state index contributed by atoms with van der Waals surface area (Å²) < 4.78 is 5.11. The van der Waals surface area contributed by atoms with Crippen LogP contribution in [-0.4, -0.2) is 23.3 Å². The number of aryl methyl sites for hydroxylation is 1. The van der Waals surface area contributed by atoms with Gasteiger partial charge in [-0.25, -0.2) is 0 Å². The molecule has 2 aromatic carbocycles. The molecular formula is C20H21NO5. The standard InChI is InChI=1S/C20H21NO5/c1-3-26-20(23)18(15-8-10-17(11-9-15)21(24)25)12-13-19(22)16-6-4-14(2)5-7-16/h4-11,18H,3,12-13H2,1-2H3. The second kappa shape index (κ2) is 8.89. The van der Waals surface area contributed by atoms with Gasteiger partial charge in [0.15, 0.2) is 5.78 Å². The Labute approximate surface area is 151 Å². The van der Waals surface area contributed by atoms with Crippen LogP contribution in [0.2, 0.25) is 0 Å². The molecule has 0 radical (unpaired) electrons. The molecule has 0 heterocycles. The van der Waals surface area contributed by atoms with Crippen molar-refractivity contribution < 1.29 is 19.2 Å². The number of hydrogen-bond acceptors (Lipinski definition) is 5. The van der Waals surface area contributed by atoms with E-state index in [0.29, 0.717) is 11.1 Å².